The number of rotatable bonds is 1. The van der Waals surface area contributed by atoms with Gasteiger partial charge in [0.25, 0.3) is 0 Å². The number of carbonyl (C=O) groups excluding carboxylic acids is 1. The van der Waals surface area contributed by atoms with Crippen molar-refractivity contribution in [3.05, 3.63) is 46.0 Å². The van der Waals surface area contributed by atoms with Gasteiger partial charge in [0.05, 0.1) is 0 Å². The van der Waals surface area contributed by atoms with Crippen molar-refractivity contribution in [1.82, 2.24) is 0 Å². The van der Waals surface area contributed by atoms with Crippen LogP contribution in [0.5, 0.6) is 0 Å². The van der Waals surface area contributed by atoms with Gasteiger partial charge in [-0.3, -0.25) is 4.79 Å². The molecule has 2 aliphatic carbocycles. The number of allylic oxidation sites excluding steroid dienone is 2. The predicted molar refractivity (Wildman–Crippen MR) is 92.7 cm³/mol. The van der Waals surface area contributed by atoms with E-state index >= 15 is 0 Å². The van der Waals surface area contributed by atoms with Crippen molar-refractivity contribution in [2.45, 2.75) is 72.1 Å². The molecule has 1 heteroatoms. The molecule has 3 rings (SSSR count). The summed E-state index contributed by atoms with van der Waals surface area (Å²) in [7, 11) is 0. The van der Waals surface area contributed by atoms with E-state index in [2.05, 4.69) is 53.7 Å². The van der Waals surface area contributed by atoms with E-state index in [4.69, 9.17) is 0 Å². The van der Waals surface area contributed by atoms with Crippen LogP contribution in [0.2, 0.25) is 0 Å². The Labute approximate surface area is 134 Å². The maximum Gasteiger partial charge on any atom is 0.186 e. The minimum absolute atomic E-state index is 0.0330. The lowest BCUT2D eigenvalue weighted by atomic mass is 9.55. The van der Waals surface area contributed by atoms with Crippen molar-refractivity contribution in [1.29, 1.82) is 0 Å². The summed E-state index contributed by atoms with van der Waals surface area (Å²) in [5.41, 5.74) is 6.36. The molecule has 0 heterocycles. The Balaban J connectivity index is 2.25. The zero-order chi connectivity index (χ0) is 16.3. The summed E-state index contributed by atoms with van der Waals surface area (Å²) in [5, 5.41) is 0. The molecule has 1 nitrogen and oxygen atoms in total. The molecule has 1 aromatic carbocycles. The minimum Gasteiger partial charge on any atom is -0.289 e. The van der Waals surface area contributed by atoms with E-state index < -0.39 is 0 Å². The molecular formula is C21H28O. The Kier molecular flexibility index (Phi) is 3.39. The fourth-order valence-electron chi connectivity index (χ4n) is 4.75. The van der Waals surface area contributed by atoms with E-state index in [0.717, 1.165) is 12.0 Å². The summed E-state index contributed by atoms with van der Waals surface area (Å²) in [4.78, 5) is 12.8. The summed E-state index contributed by atoms with van der Waals surface area (Å²) in [6.45, 7) is 13.5. The van der Waals surface area contributed by atoms with Gasteiger partial charge in [-0.2, -0.15) is 0 Å². The fourth-order valence-corrected chi connectivity index (χ4v) is 4.75. The second-order valence-corrected chi connectivity index (χ2v) is 8.40. The Morgan fingerprint density at radius 2 is 1.77 bits per heavy atom. The first-order chi connectivity index (χ1) is 10.2. The first-order valence-corrected chi connectivity index (χ1v) is 8.59. The summed E-state index contributed by atoms with van der Waals surface area (Å²) < 4.78 is 0. The molecule has 0 N–H and O–H groups in total. The maximum atomic E-state index is 12.8. The molecule has 118 valence electrons. The molecule has 0 radical (unpaired) electrons. The van der Waals surface area contributed by atoms with Crippen LogP contribution >= 0.6 is 0 Å². The van der Waals surface area contributed by atoms with E-state index in [-0.39, 0.29) is 16.6 Å². The molecule has 22 heavy (non-hydrogen) atoms. The summed E-state index contributed by atoms with van der Waals surface area (Å²) >= 11 is 0. The Morgan fingerprint density at radius 3 is 2.41 bits per heavy atom. The van der Waals surface area contributed by atoms with Gasteiger partial charge in [-0.25, -0.2) is 0 Å². The largest absolute Gasteiger partial charge is 0.289 e. The zero-order valence-electron chi connectivity index (χ0n) is 14.8. The number of hydrogen-bond acceptors (Lipinski definition) is 1. The standard InChI is InChI=1S/C21H28O/c1-13(2)15-11-16-17(10-14(15)3)21(6)9-7-8-20(4,5)19(21)12-18(16)22/h10-13H,7-9H2,1-6H3. The molecule has 0 aliphatic heterocycles. The number of benzene rings is 1. The van der Waals surface area contributed by atoms with E-state index in [9.17, 15) is 4.79 Å². The van der Waals surface area contributed by atoms with Crippen LogP contribution in [0.1, 0.15) is 86.8 Å². The van der Waals surface area contributed by atoms with Crippen LogP contribution in [-0.2, 0) is 5.41 Å². The third kappa shape index (κ3) is 2.09. The third-order valence-corrected chi connectivity index (χ3v) is 5.97. The average Bonchev–Trinajstić information content (AvgIpc) is 2.41. The Bertz CT molecular complexity index is 675. The third-order valence-electron chi connectivity index (χ3n) is 5.97. The van der Waals surface area contributed by atoms with Gasteiger partial charge in [0.15, 0.2) is 5.78 Å². The average molecular weight is 296 g/mol. The van der Waals surface area contributed by atoms with Gasteiger partial charge >= 0.3 is 0 Å². The van der Waals surface area contributed by atoms with Crippen molar-refractivity contribution in [2.24, 2.45) is 5.41 Å². The number of hydrogen-bond donors (Lipinski definition) is 0. The first kappa shape index (κ1) is 15.5. The zero-order valence-corrected chi connectivity index (χ0v) is 14.8. The normalized spacial score (nSPS) is 26.5. The maximum absolute atomic E-state index is 12.8. The van der Waals surface area contributed by atoms with Crippen LogP contribution in [-0.4, -0.2) is 5.78 Å². The minimum atomic E-state index is 0.0330. The summed E-state index contributed by atoms with van der Waals surface area (Å²) in [6.07, 6.45) is 5.53. The topological polar surface area (TPSA) is 17.1 Å². The van der Waals surface area contributed by atoms with Gasteiger partial charge in [0.2, 0.25) is 0 Å². The lowest BCUT2D eigenvalue weighted by Crippen LogP contribution is -2.41. The molecule has 0 spiro atoms. The van der Waals surface area contributed by atoms with Crippen LogP contribution in [0.15, 0.2) is 23.8 Å². The van der Waals surface area contributed by atoms with Crippen LogP contribution in [0.3, 0.4) is 0 Å². The molecule has 0 aromatic heterocycles. The van der Waals surface area contributed by atoms with Crippen molar-refractivity contribution in [3.63, 3.8) is 0 Å². The first-order valence-electron chi connectivity index (χ1n) is 8.59. The molecule has 2 aliphatic rings. The second kappa shape index (κ2) is 4.81. The van der Waals surface area contributed by atoms with Crippen molar-refractivity contribution >= 4 is 5.78 Å². The summed E-state index contributed by atoms with van der Waals surface area (Å²) in [5.74, 6) is 0.665. The molecule has 0 amide bonds. The highest BCUT2D eigenvalue weighted by Crippen LogP contribution is 2.54. The van der Waals surface area contributed by atoms with Gasteiger partial charge < -0.3 is 0 Å². The van der Waals surface area contributed by atoms with Gasteiger partial charge in [0.1, 0.15) is 0 Å². The van der Waals surface area contributed by atoms with E-state index in [1.807, 2.05) is 6.08 Å². The van der Waals surface area contributed by atoms with E-state index in [1.165, 1.54) is 35.1 Å². The number of aryl methyl sites for hydroxylation is 1. The lowest BCUT2D eigenvalue weighted by Gasteiger charge is -2.49. The lowest BCUT2D eigenvalue weighted by molar-refractivity contribution is 0.103. The number of carbonyl (C=O) groups is 1. The fraction of sp³-hybridized carbons (Fsp3) is 0.571. The van der Waals surface area contributed by atoms with E-state index in [1.54, 1.807) is 0 Å². The molecule has 0 bridgehead atoms. The van der Waals surface area contributed by atoms with Crippen LogP contribution < -0.4 is 0 Å². The van der Waals surface area contributed by atoms with E-state index in [0.29, 0.717) is 5.92 Å². The van der Waals surface area contributed by atoms with Crippen LogP contribution in [0.4, 0.5) is 0 Å². The number of fused-ring (bicyclic) bond motifs is 3. The smallest absolute Gasteiger partial charge is 0.186 e. The molecule has 0 saturated heterocycles. The SMILES string of the molecule is Cc1cc2c(cc1C(C)C)C(=O)C=C1C(C)(C)CCCC12C. The molecule has 1 aromatic rings. The van der Waals surface area contributed by atoms with Crippen LogP contribution in [0, 0.1) is 12.3 Å². The van der Waals surface area contributed by atoms with Gasteiger partial charge in [0, 0.05) is 11.0 Å². The Hall–Kier alpha value is -1.37. The van der Waals surface area contributed by atoms with Crippen LogP contribution in [0.25, 0.3) is 0 Å². The quantitative estimate of drug-likeness (QED) is 0.649. The van der Waals surface area contributed by atoms with Gasteiger partial charge in [-0.1, -0.05) is 52.7 Å². The molecule has 1 fully saturated rings. The number of ketones is 1. The Morgan fingerprint density at radius 1 is 1.09 bits per heavy atom. The monoisotopic (exact) mass is 296 g/mol. The second-order valence-electron chi connectivity index (χ2n) is 8.40. The highest BCUT2D eigenvalue weighted by Gasteiger charge is 2.46. The van der Waals surface area contributed by atoms with Crippen molar-refractivity contribution in [3.8, 4) is 0 Å². The highest BCUT2D eigenvalue weighted by atomic mass is 16.1. The van der Waals surface area contributed by atoms with Gasteiger partial charge in [-0.15, -0.1) is 0 Å². The summed E-state index contributed by atoms with van der Waals surface area (Å²) in [6, 6.07) is 4.47. The molecular weight excluding hydrogens is 268 g/mol. The molecule has 1 saturated carbocycles. The van der Waals surface area contributed by atoms with Crippen molar-refractivity contribution < 1.29 is 4.79 Å². The molecule has 1 atom stereocenters. The van der Waals surface area contributed by atoms with Crippen molar-refractivity contribution in [2.75, 3.05) is 0 Å². The molecule has 1 unspecified atom stereocenters. The van der Waals surface area contributed by atoms with Gasteiger partial charge in [-0.05, 0) is 59.9 Å². The highest BCUT2D eigenvalue weighted by molar-refractivity contribution is 6.08. The predicted octanol–water partition coefficient (Wildman–Crippen LogP) is 5.71.